The summed E-state index contributed by atoms with van der Waals surface area (Å²) in [5.41, 5.74) is 0.431. The summed E-state index contributed by atoms with van der Waals surface area (Å²) in [6, 6.07) is 4.22. The van der Waals surface area contributed by atoms with Crippen LogP contribution in [0, 0.1) is 19.7 Å². The summed E-state index contributed by atoms with van der Waals surface area (Å²) in [7, 11) is 0. The van der Waals surface area contributed by atoms with E-state index >= 15 is 0 Å². The van der Waals surface area contributed by atoms with Gasteiger partial charge in [-0.2, -0.15) is 13.2 Å². The second-order valence-corrected chi connectivity index (χ2v) is 6.32. The topological polar surface area (TPSA) is 43.3 Å². The van der Waals surface area contributed by atoms with Crippen LogP contribution in [0.5, 0.6) is 0 Å². The molecule has 1 N–H and O–H groups in total. The Morgan fingerprint density at radius 3 is 2.62 bits per heavy atom. The van der Waals surface area contributed by atoms with Crippen molar-refractivity contribution < 1.29 is 27.1 Å². The SMILES string of the molecule is Cc1cc(C(=O)Nc2ccc(F)c(C(F)(F)F)c2)c(C)n1C1CCOC1. The molecule has 0 aliphatic carbocycles. The lowest BCUT2D eigenvalue weighted by Gasteiger charge is -2.16. The van der Waals surface area contributed by atoms with Gasteiger partial charge in [0.25, 0.3) is 5.91 Å². The Morgan fingerprint density at radius 1 is 1.27 bits per heavy atom. The summed E-state index contributed by atoms with van der Waals surface area (Å²) >= 11 is 0. The van der Waals surface area contributed by atoms with Gasteiger partial charge in [-0.05, 0) is 44.5 Å². The molecule has 0 bridgehead atoms. The zero-order valence-electron chi connectivity index (χ0n) is 14.3. The number of nitrogens with one attached hydrogen (secondary N) is 1. The van der Waals surface area contributed by atoms with Crippen molar-refractivity contribution in [3.63, 3.8) is 0 Å². The van der Waals surface area contributed by atoms with E-state index in [1.807, 2.05) is 11.5 Å². The van der Waals surface area contributed by atoms with Gasteiger partial charge in [-0.25, -0.2) is 4.39 Å². The number of halogens is 4. The maximum Gasteiger partial charge on any atom is 0.419 e. The number of benzene rings is 1. The van der Waals surface area contributed by atoms with Gasteiger partial charge in [-0.15, -0.1) is 0 Å². The Labute approximate surface area is 147 Å². The number of amides is 1. The van der Waals surface area contributed by atoms with Crippen LogP contribution in [0.15, 0.2) is 24.3 Å². The number of carbonyl (C=O) groups is 1. The van der Waals surface area contributed by atoms with E-state index in [0.717, 1.165) is 18.2 Å². The first-order valence-corrected chi connectivity index (χ1v) is 8.12. The predicted octanol–water partition coefficient (Wildman–Crippen LogP) is 4.48. The van der Waals surface area contributed by atoms with Crippen LogP contribution in [-0.2, 0) is 10.9 Å². The zero-order valence-corrected chi connectivity index (χ0v) is 14.3. The average Bonchev–Trinajstić information content (AvgIpc) is 3.16. The van der Waals surface area contributed by atoms with E-state index in [1.165, 1.54) is 0 Å². The number of aryl methyl sites for hydroxylation is 1. The number of aromatic nitrogens is 1. The minimum Gasteiger partial charge on any atom is -0.379 e. The highest BCUT2D eigenvalue weighted by atomic mass is 19.4. The molecule has 1 saturated heterocycles. The fraction of sp³-hybridized carbons (Fsp3) is 0.389. The van der Waals surface area contributed by atoms with E-state index in [9.17, 15) is 22.4 Å². The summed E-state index contributed by atoms with van der Waals surface area (Å²) in [5, 5.41) is 2.42. The van der Waals surface area contributed by atoms with Crippen molar-refractivity contribution in [3.05, 3.63) is 52.6 Å². The highest BCUT2D eigenvalue weighted by molar-refractivity contribution is 6.05. The van der Waals surface area contributed by atoms with Gasteiger partial charge < -0.3 is 14.6 Å². The molecule has 1 aromatic heterocycles. The molecule has 1 amide bonds. The molecule has 8 heteroatoms. The summed E-state index contributed by atoms with van der Waals surface area (Å²) in [4.78, 5) is 12.5. The van der Waals surface area contributed by atoms with E-state index in [1.54, 1.807) is 13.0 Å². The van der Waals surface area contributed by atoms with Crippen LogP contribution in [0.25, 0.3) is 0 Å². The molecule has 1 fully saturated rings. The van der Waals surface area contributed by atoms with Gasteiger partial charge >= 0.3 is 6.18 Å². The van der Waals surface area contributed by atoms with Crippen LogP contribution in [0.2, 0.25) is 0 Å². The lowest BCUT2D eigenvalue weighted by molar-refractivity contribution is -0.139. The summed E-state index contributed by atoms with van der Waals surface area (Å²) in [6.45, 7) is 4.86. The van der Waals surface area contributed by atoms with Crippen molar-refractivity contribution in [2.24, 2.45) is 0 Å². The Bertz CT molecular complexity index is 836. The van der Waals surface area contributed by atoms with Crippen molar-refractivity contribution >= 4 is 11.6 Å². The zero-order chi connectivity index (χ0) is 19.1. The van der Waals surface area contributed by atoms with Crippen LogP contribution in [0.1, 0.15) is 39.8 Å². The first-order chi connectivity index (χ1) is 12.2. The van der Waals surface area contributed by atoms with Gasteiger partial charge in [0.2, 0.25) is 0 Å². The molecule has 1 aliphatic rings. The highest BCUT2D eigenvalue weighted by Crippen LogP contribution is 2.33. The number of carbonyl (C=O) groups excluding carboxylic acids is 1. The molecule has 3 rings (SSSR count). The summed E-state index contributed by atoms with van der Waals surface area (Å²) in [6.07, 6.45) is -3.99. The van der Waals surface area contributed by atoms with Crippen molar-refractivity contribution in [3.8, 4) is 0 Å². The molecule has 2 aromatic rings. The normalized spacial score (nSPS) is 17.5. The van der Waals surface area contributed by atoms with E-state index in [2.05, 4.69) is 5.32 Å². The van der Waals surface area contributed by atoms with Crippen LogP contribution in [0.4, 0.5) is 23.2 Å². The van der Waals surface area contributed by atoms with Crippen LogP contribution >= 0.6 is 0 Å². The summed E-state index contributed by atoms with van der Waals surface area (Å²) < 4.78 is 59.2. The van der Waals surface area contributed by atoms with Gasteiger partial charge in [0.1, 0.15) is 5.82 Å². The van der Waals surface area contributed by atoms with Gasteiger partial charge in [0.05, 0.1) is 23.8 Å². The van der Waals surface area contributed by atoms with Crippen molar-refractivity contribution in [1.82, 2.24) is 4.57 Å². The molecule has 2 heterocycles. The lowest BCUT2D eigenvalue weighted by Crippen LogP contribution is -2.16. The molecule has 140 valence electrons. The minimum absolute atomic E-state index is 0.113. The number of rotatable bonds is 3. The molecule has 1 aliphatic heterocycles. The monoisotopic (exact) mass is 370 g/mol. The third-order valence-corrected chi connectivity index (χ3v) is 4.53. The molecule has 1 unspecified atom stereocenters. The van der Waals surface area contributed by atoms with Gasteiger partial charge in [-0.1, -0.05) is 0 Å². The van der Waals surface area contributed by atoms with Crippen LogP contribution in [-0.4, -0.2) is 23.7 Å². The molecular formula is C18H18F4N2O2. The first kappa shape index (κ1) is 18.4. The van der Waals surface area contributed by atoms with Crippen LogP contribution in [0.3, 0.4) is 0 Å². The molecule has 1 atom stereocenters. The number of anilines is 1. The quantitative estimate of drug-likeness (QED) is 0.810. The van der Waals surface area contributed by atoms with E-state index in [0.29, 0.717) is 36.6 Å². The van der Waals surface area contributed by atoms with Crippen molar-refractivity contribution in [2.45, 2.75) is 32.5 Å². The molecule has 0 spiro atoms. The highest BCUT2D eigenvalue weighted by Gasteiger charge is 2.34. The number of hydrogen-bond donors (Lipinski definition) is 1. The standard InChI is InChI=1S/C18H18F4N2O2/c1-10-7-14(11(2)24(10)13-5-6-26-9-13)17(25)23-12-3-4-16(19)15(8-12)18(20,21)22/h3-4,7-8,13H,5-6,9H2,1-2H3,(H,23,25). The molecule has 26 heavy (non-hydrogen) atoms. The van der Waals surface area contributed by atoms with Gasteiger partial charge in [-0.3, -0.25) is 4.79 Å². The number of hydrogen-bond acceptors (Lipinski definition) is 2. The van der Waals surface area contributed by atoms with Gasteiger partial charge in [0, 0.05) is 23.7 Å². The fourth-order valence-electron chi connectivity index (χ4n) is 3.31. The molecule has 0 saturated carbocycles. The Kier molecular flexibility index (Phi) is 4.79. The van der Waals surface area contributed by atoms with E-state index < -0.39 is 23.5 Å². The minimum atomic E-state index is -4.83. The van der Waals surface area contributed by atoms with Gasteiger partial charge in [0.15, 0.2) is 0 Å². The third kappa shape index (κ3) is 3.46. The van der Waals surface area contributed by atoms with Crippen LogP contribution < -0.4 is 5.32 Å². The number of nitrogens with zero attached hydrogens (tertiary/aromatic N) is 1. The lowest BCUT2D eigenvalue weighted by atomic mass is 10.1. The maximum atomic E-state index is 13.4. The van der Waals surface area contributed by atoms with Crippen molar-refractivity contribution in [2.75, 3.05) is 18.5 Å². The Morgan fingerprint density at radius 2 is 2.00 bits per heavy atom. The number of ether oxygens (including phenoxy) is 1. The first-order valence-electron chi connectivity index (χ1n) is 8.12. The second-order valence-electron chi connectivity index (χ2n) is 6.32. The number of alkyl halides is 3. The maximum absolute atomic E-state index is 13.4. The van der Waals surface area contributed by atoms with E-state index in [-0.39, 0.29) is 11.7 Å². The fourth-order valence-corrected chi connectivity index (χ4v) is 3.31. The Hall–Kier alpha value is -2.35. The molecule has 0 radical (unpaired) electrons. The smallest absolute Gasteiger partial charge is 0.379 e. The molecule has 1 aromatic carbocycles. The second kappa shape index (κ2) is 6.75. The largest absolute Gasteiger partial charge is 0.419 e. The van der Waals surface area contributed by atoms with Crippen molar-refractivity contribution in [1.29, 1.82) is 0 Å². The average molecular weight is 370 g/mol. The predicted molar refractivity (Wildman–Crippen MR) is 87.7 cm³/mol. The van der Waals surface area contributed by atoms with E-state index in [4.69, 9.17) is 4.74 Å². The third-order valence-electron chi connectivity index (χ3n) is 4.53. The Balaban J connectivity index is 1.86. The molecular weight excluding hydrogens is 352 g/mol. The summed E-state index contributed by atoms with van der Waals surface area (Å²) in [5.74, 6) is -1.92. The molecule has 4 nitrogen and oxygen atoms in total.